The van der Waals surface area contributed by atoms with Crippen LogP contribution in [0, 0.1) is 5.92 Å². The zero-order chi connectivity index (χ0) is 13.7. The summed E-state index contributed by atoms with van der Waals surface area (Å²) in [5.41, 5.74) is -0.339. The third-order valence-corrected chi connectivity index (χ3v) is 4.71. The molecular formula is C15H29N3O. The van der Waals surface area contributed by atoms with E-state index in [1.165, 1.54) is 32.4 Å². The van der Waals surface area contributed by atoms with Gasteiger partial charge in [-0.25, -0.2) is 0 Å². The van der Waals surface area contributed by atoms with Crippen molar-refractivity contribution in [3.8, 4) is 0 Å². The van der Waals surface area contributed by atoms with E-state index in [1.807, 2.05) is 6.92 Å². The molecule has 0 saturated carbocycles. The fourth-order valence-corrected chi connectivity index (χ4v) is 3.06. The summed E-state index contributed by atoms with van der Waals surface area (Å²) >= 11 is 0. The summed E-state index contributed by atoms with van der Waals surface area (Å²) < 4.78 is 0. The molecule has 0 aliphatic carbocycles. The summed E-state index contributed by atoms with van der Waals surface area (Å²) in [7, 11) is 0. The van der Waals surface area contributed by atoms with E-state index in [4.69, 9.17) is 0 Å². The van der Waals surface area contributed by atoms with Gasteiger partial charge < -0.3 is 15.5 Å². The quantitative estimate of drug-likeness (QED) is 0.808. The SMILES string of the molecule is CC1CCN(CCNC(=O)C2(C)CCCCN2)CC1. The van der Waals surface area contributed by atoms with Crippen LogP contribution in [0.25, 0.3) is 0 Å². The van der Waals surface area contributed by atoms with Gasteiger partial charge in [0.05, 0.1) is 5.54 Å². The van der Waals surface area contributed by atoms with Crippen LogP contribution in [0.3, 0.4) is 0 Å². The molecule has 19 heavy (non-hydrogen) atoms. The summed E-state index contributed by atoms with van der Waals surface area (Å²) in [6.45, 7) is 9.48. The first-order valence-corrected chi connectivity index (χ1v) is 7.86. The molecule has 0 aromatic carbocycles. The minimum Gasteiger partial charge on any atom is -0.353 e. The van der Waals surface area contributed by atoms with Crippen LogP contribution in [-0.2, 0) is 4.79 Å². The van der Waals surface area contributed by atoms with Gasteiger partial charge in [0.15, 0.2) is 0 Å². The van der Waals surface area contributed by atoms with Crippen molar-refractivity contribution in [3.63, 3.8) is 0 Å². The van der Waals surface area contributed by atoms with Crippen LogP contribution in [0.5, 0.6) is 0 Å². The molecule has 2 aliphatic rings. The second-order valence-corrected chi connectivity index (χ2v) is 6.50. The molecule has 0 aromatic rings. The van der Waals surface area contributed by atoms with Gasteiger partial charge in [-0.2, -0.15) is 0 Å². The average Bonchev–Trinajstić information content (AvgIpc) is 2.42. The van der Waals surface area contributed by atoms with Crippen molar-refractivity contribution in [3.05, 3.63) is 0 Å². The smallest absolute Gasteiger partial charge is 0.240 e. The van der Waals surface area contributed by atoms with Crippen molar-refractivity contribution in [1.29, 1.82) is 0 Å². The standard InChI is InChI=1S/C15H29N3O/c1-13-5-10-18(11-6-13)12-9-16-14(19)15(2)7-3-4-8-17-15/h13,17H,3-12H2,1-2H3,(H,16,19). The van der Waals surface area contributed by atoms with Crippen molar-refractivity contribution in [2.24, 2.45) is 5.92 Å². The highest BCUT2D eigenvalue weighted by Crippen LogP contribution is 2.19. The van der Waals surface area contributed by atoms with E-state index in [2.05, 4.69) is 22.5 Å². The Balaban J connectivity index is 1.66. The lowest BCUT2D eigenvalue weighted by molar-refractivity contribution is -0.128. The van der Waals surface area contributed by atoms with Gasteiger partial charge in [-0.05, 0) is 64.6 Å². The molecule has 1 unspecified atom stereocenters. The molecule has 4 heteroatoms. The molecule has 2 aliphatic heterocycles. The molecule has 0 aromatic heterocycles. The van der Waals surface area contributed by atoms with Crippen molar-refractivity contribution < 1.29 is 4.79 Å². The Kier molecular flexibility index (Phi) is 5.22. The van der Waals surface area contributed by atoms with Crippen LogP contribution < -0.4 is 10.6 Å². The molecule has 2 N–H and O–H groups in total. The van der Waals surface area contributed by atoms with E-state index < -0.39 is 0 Å². The Morgan fingerprint density at radius 2 is 2.11 bits per heavy atom. The van der Waals surface area contributed by atoms with Gasteiger partial charge in [-0.15, -0.1) is 0 Å². The second kappa shape index (κ2) is 6.71. The lowest BCUT2D eigenvalue weighted by atomic mass is 9.90. The number of nitrogens with zero attached hydrogens (tertiary/aromatic N) is 1. The molecule has 1 amide bonds. The molecule has 4 nitrogen and oxygen atoms in total. The number of rotatable bonds is 4. The second-order valence-electron chi connectivity index (χ2n) is 6.50. The number of carbonyl (C=O) groups is 1. The Morgan fingerprint density at radius 3 is 2.74 bits per heavy atom. The molecule has 0 spiro atoms. The van der Waals surface area contributed by atoms with Crippen molar-refractivity contribution in [2.45, 2.75) is 51.5 Å². The van der Waals surface area contributed by atoms with E-state index in [0.29, 0.717) is 0 Å². The van der Waals surface area contributed by atoms with Crippen molar-refractivity contribution in [2.75, 3.05) is 32.7 Å². The maximum absolute atomic E-state index is 12.2. The number of carbonyl (C=O) groups excluding carboxylic acids is 1. The fraction of sp³-hybridized carbons (Fsp3) is 0.933. The van der Waals surface area contributed by atoms with Gasteiger partial charge in [-0.3, -0.25) is 4.79 Å². The third-order valence-electron chi connectivity index (χ3n) is 4.71. The van der Waals surface area contributed by atoms with E-state index in [0.717, 1.165) is 38.4 Å². The van der Waals surface area contributed by atoms with Gasteiger partial charge in [0.2, 0.25) is 5.91 Å². The molecule has 0 radical (unpaired) electrons. The van der Waals surface area contributed by atoms with Gasteiger partial charge >= 0.3 is 0 Å². The van der Waals surface area contributed by atoms with E-state index in [9.17, 15) is 4.79 Å². The summed E-state index contributed by atoms with van der Waals surface area (Å²) in [6, 6.07) is 0. The normalized spacial score (nSPS) is 30.2. The lowest BCUT2D eigenvalue weighted by Crippen LogP contribution is -2.57. The molecule has 110 valence electrons. The number of hydrogen-bond acceptors (Lipinski definition) is 3. The maximum Gasteiger partial charge on any atom is 0.240 e. The van der Waals surface area contributed by atoms with E-state index in [-0.39, 0.29) is 11.4 Å². The van der Waals surface area contributed by atoms with E-state index >= 15 is 0 Å². The first-order valence-electron chi connectivity index (χ1n) is 7.86. The van der Waals surface area contributed by atoms with Gasteiger partial charge in [0.25, 0.3) is 0 Å². The van der Waals surface area contributed by atoms with Crippen molar-refractivity contribution >= 4 is 5.91 Å². The number of amides is 1. The molecule has 1 atom stereocenters. The summed E-state index contributed by atoms with van der Waals surface area (Å²) in [6.07, 6.45) is 5.90. The predicted octanol–water partition coefficient (Wildman–Crippen LogP) is 1.37. The minimum atomic E-state index is -0.339. The van der Waals surface area contributed by atoms with Crippen LogP contribution in [0.15, 0.2) is 0 Å². The van der Waals surface area contributed by atoms with Crippen LogP contribution in [0.2, 0.25) is 0 Å². The molecule has 0 bridgehead atoms. The predicted molar refractivity (Wildman–Crippen MR) is 78.1 cm³/mol. The van der Waals surface area contributed by atoms with Crippen LogP contribution in [0.1, 0.15) is 46.0 Å². The zero-order valence-electron chi connectivity index (χ0n) is 12.5. The highest BCUT2D eigenvalue weighted by molar-refractivity contribution is 5.85. The van der Waals surface area contributed by atoms with Crippen LogP contribution in [0.4, 0.5) is 0 Å². The zero-order valence-corrected chi connectivity index (χ0v) is 12.5. The minimum absolute atomic E-state index is 0.178. The highest BCUT2D eigenvalue weighted by atomic mass is 16.2. The van der Waals surface area contributed by atoms with Gasteiger partial charge in [0, 0.05) is 13.1 Å². The van der Waals surface area contributed by atoms with Gasteiger partial charge in [0.1, 0.15) is 0 Å². The molecule has 2 rings (SSSR count). The summed E-state index contributed by atoms with van der Waals surface area (Å²) in [4.78, 5) is 14.7. The average molecular weight is 267 g/mol. The number of piperidine rings is 2. The largest absolute Gasteiger partial charge is 0.353 e. The van der Waals surface area contributed by atoms with Crippen LogP contribution >= 0.6 is 0 Å². The number of nitrogens with one attached hydrogen (secondary N) is 2. The molecule has 2 saturated heterocycles. The van der Waals surface area contributed by atoms with E-state index in [1.54, 1.807) is 0 Å². The Bertz CT molecular complexity index is 292. The Morgan fingerprint density at radius 1 is 1.37 bits per heavy atom. The monoisotopic (exact) mass is 267 g/mol. The molecular weight excluding hydrogens is 238 g/mol. The van der Waals surface area contributed by atoms with Crippen molar-refractivity contribution in [1.82, 2.24) is 15.5 Å². The first-order chi connectivity index (χ1) is 9.10. The number of hydrogen-bond donors (Lipinski definition) is 2. The first kappa shape index (κ1) is 14.8. The maximum atomic E-state index is 12.2. The van der Waals surface area contributed by atoms with Crippen LogP contribution in [-0.4, -0.2) is 49.1 Å². The Hall–Kier alpha value is -0.610. The topological polar surface area (TPSA) is 44.4 Å². The molecule has 2 fully saturated rings. The molecule has 2 heterocycles. The summed E-state index contributed by atoms with van der Waals surface area (Å²) in [5, 5.41) is 6.47. The third kappa shape index (κ3) is 4.18. The number of likely N-dealkylation sites (tertiary alicyclic amines) is 1. The van der Waals surface area contributed by atoms with Gasteiger partial charge in [-0.1, -0.05) is 6.92 Å². The lowest BCUT2D eigenvalue weighted by Gasteiger charge is -2.34. The fourth-order valence-electron chi connectivity index (χ4n) is 3.06. The highest BCUT2D eigenvalue weighted by Gasteiger charge is 2.33. The Labute approximate surface area is 117 Å². The summed E-state index contributed by atoms with van der Waals surface area (Å²) in [5.74, 6) is 1.05.